The van der Waals surface area contributed by atoms with E-state index >= 15 is 0 Å². The van der Waals surface area contributed by atoms with Crippen molar-refractivity contribution in [2.75, 3.05) is 18.0 Å². The lowest BCUT2D eigenvalue weighted by Gasteiger charge is -2.27. The number of carbonyl (C=O) groups excluding carboxylic acids is 2. The van der Waals surface area contributed by atoms with Crippen LogP contribution in [0.1, 0.15) is 24.0 Å². The van der Waals surface area contributed by atoms with Gasteiger partial charge in [-0.05, 0) is 36.5 Å². The molecule has 2 heterocycles. The van der Waals surface area contributed by atoms with Crippen LogP contribution < -0.4 is 4.90 Å². The lowest BCUT2D eigenvalue weighted by molar-refractivity contribution is -0.122. The molecule has 2 amide bonds. The van der Waals surface area contributed by atoms with Crippen LogP contribution in [0.4, 0.5) is 10.5 Å². The first-order chi connectivity index (χ1) is 12.7. The van der Waals surface area contributed by atoms with Gasteiger partial charge in [-0.1, -0.05) is 48.5 Å². The standard InChI is InChI=1S/C21H22N2O3/c24-20(22-14-12-17-9-4-5-10-18(17)22)19-11-6-13-23(19)21(25)26-15-16-7-2-1-3-8-16/h1-5,7-10,19H,6,11-15H2. The van der Waals surface area contributed by atoms with Crippen molar-refractivity contribution in [2.45, 2.75) is 31.9 Å². The maximum atomic E-state index is 13.1. The van der Waals surface area contributed by atoms with Gasteiger partial charge in [-0.2, -0.15) is 0 Å². The van der Waals surface area contributed by atoms with Crippen LogP contribution >= 0.6 is 0 Å². The monoisotopic (exact) mass is 350 g/mol. The second-order valence-electron chi connectivity index (χ2n) is 6.76. The average molecular weight is 350 g/mol. The van der Waals surface area contributed by atoms with E-state index in [0.29, 0.717) is 19.5 Å². The van der Waals surface area contributed by atoms with Crippen molar-refractivity contribution in [1.82, 2.24) is 4.90 Å². The van der Waals surface area contributed by atoms with E-state index in [1.807, 2.05) is 53.4 Å². The number of hydrogen-bond acceptors (Lipinski definition) is 3. The number of carbonyl (C=O) groups is 2. The van der Waals surface area contributed by atoms with Crippen molar-refractivity contribution < 1.29 is 14.3 Å². The highest BCUT2D eigenvalue weighted by Crippen LogP contribution is 2.30. The molecule has 0 aromatic heterocycles. The number of benzene rings is 2. The SMILES string of the molecule is O=C(C1CCCN1C(=O)OCc1ccccc1)N1CCc2ccccc21. The minimum Gasteiger partial charge on any atom is -0.445 e. The molecule has 1 unspecified atom stereocenters. The maximum Gasteiger partial charge on any atom is 0.410 e. The van der Waals surface area contributed by atoms with Gasteiger partial charge in [-0.3, -0.25) is 9.69 Å². The van der Waals surface area contributed by atoms with E-state index in [1.165, 1.54) is 5.56 Å². The molecule has 0 N–H and O–H groups in total. The summed E-state index contributed by atoms with van der Waals surface area (Å²) in [6.07, 6.45) is 1.98. The van der Waals surface area contributed by atoms with Crippen LogP contribution in [0.2, 0.25) is 0 Å². The van der Waals surface area contributed by atoms with E-state index in [4.69, 9.17) is 4.74 Å². The van der Waals surface area contributed by atoms with Crippen molar-refractivity contribution in [2.24, 2.45) is 0 Å². The van der Waals surface area contributed by atoms with Crippen molar-refractivity contribution in [1.29, 1.82) is 0 Å². The molecule has 0 aliphatic carbocycles. The predicted octanol–water partition coefficient (Wildman–Crippen LogP) is 3.38. The highest BCUT2D eigenvalue weighted by atomic mass is 16.6. The molecule has 134 valence electrons. The third-order valence-corrected chi connectivity index (χ3v) is 5.13. The minimum atomic E-state index is -0.426. The summed E-state index contributed by atoms with van der Waals surface area (Å²) in [6, 6.07) is 17.1. The quantitative estimate of drug-likeness (QED) is 0.853. The first-order valence-corrected chi connectivity index (χ1v) is 9.10. The summed E-state index contributed by atoms with van der Waals surface area (Å²) >= 11 is 0. The van der Waals surface area contributed by atoms with E-state index in [9.17, 15) is 9.59 Å². The van der Waals surface area contributed by atoms with Crippen LogP contribution in [0.15, 0.2) is 54.6 Å². The molecule has 4 rings (SSSR count). The minimum absolute atomic E-state index is 0.00381. The fourth-order valence-electron chi connectivity index (χ4n) is 3.79. The summed E-state index contributed by atoms with van der Waals surface area (Å²) in [7, 11) is 0. The van der Waals surface area contributed by atoms with E-state index in [0.717, 1.165) is 24.1 Å². The molecule has 2 aromatic carbocycles. The fraction of sp³-hybridized carbons (Fsp3) is 0.333. The normalized spacial score (nSPS) is 18.7. The lowest BCUT2D eigenvalue weighted by atomic mass is 10.1. The van der Waals surface area contributed by atoms with Gasteiger partial charge in [0.15, 0.2) is 0 Å². The maximum absolute atomic E-state index is 13.1. The topological polar surface area (TPSA) is 49.9 Å². The number of anilines is 1. The van der Waals surface area contributed by atoms with Gasteiger partial charge in [0, 0.05) is 18.8 Å². The number of rotatable bonds is 3. The molecule has 2 aliphatic rings. The average Bonchev–Trinajstić information content (AvgIpc) is 3.33. The molecule has 1 fully saturated rings. The molecule has 1 saturated heterocycles. The zero-order chi connectivity index (χ0) is 17.9. The van der Waals surface area contributed by atoms with Gasteiger partial charge in [0.25, 0.3) is 0 Å². The number of fused-ring (bicyclic) bond motifs is 1. The number of nitrogens with zero attached hydrogens (tertiary/aromatic N) is 2. The number of hydrogen-bond donors (Lipinski definition) is 0. The van der Waals surface area contributed by atoms with Crippen LogP contribution in [0, 0.1) is 0 Å². The fourth-order valence-corrected chi connectivity index (χ4v) is 3.79. The zero-order valence-electron chi connectivity index (χ0n) is 14.6. The third-order valence-electron chi connectivity index (χ3n) is 5.13. The van der Waals surface area contributed by atoms with Gasteiger partial charge < -0.3 is 9.64 Å². The summed E-state index contributed by atoms with van der Waals surface area (Å²) in [6.45, 7) is 1.48. The Morgan fingerprint density at radius 3 is 2.62 bits per heavy atom. The molecule has 5 nitrogen and oxygen atoms in total. The molecule has 0 bridgehead atoms. The van der Waals surface area contributed by atoms with E-state index in [-0.39, 0.29) is 12.5 Å². The highest BCUT2D eigenvalue weighted by Gasteiger charge is 2.39. The van der Waals surface area contributed by atoms with E-state index < -0.39 is 12.1 Å². The molecular formula is C21H22N2O3. The Hall–Kier alpha value is -2.82. The summed E-state index contributed by atoms with van der Waals surface area (Å²) in [5.41, 5.74) is 3.11. The van der Waals surface area contributed by atoms with Crippen LogP contribution in [0.5, 0.6) is 0 Å². The Labute approximate surface area is 153 Å². The smallest absolute Gasteiger partial charge is 0.410 e. The van der Waals surface area contributed by atoms with Crippen molar-refractivity contribution in [3.63, 3.8) is 0 Å². The van der Waals surface area contributed by atoms with Crippen LogP contribution in [-0.2, 0) is 22.6 Å². The third kappa shape index (κ3) is 3.17. The molecule has 2 aromatic rings. The zero-order valence-corrected chi connectivity index (χ0v) is 14.6. The van der Waals surface area contributed by atoms with Crippen molar-refractivity contribution in [3.05, 3.63) is 65.7 Å². The molecule has 0 radical (unpaired) electrons. The van der Waals surface area contributed by atoms with Crippen LogP contribution in [-0.4, -0.2) is 36.0 Å². The summed E-state index contributed by atoms with van der Waals surface area (Å²) in [4.78, 5) is 29.0. The first-order valence-electron chi connectivity index (χ1n) is 9.10. The molecule has 0 spiro atoms. The van der Waals surface area contributed by atoms with Gasteiger partial charge in [0.1, 0.15) is 12.6 Å². The van der Waals surface area contributed by atoms with Gasteiger partial charge in [0.05, 0.1) is 0 Å². The van der Waals surface area contributed by atoms with E-state index in [1.54, 1.807) is 4.90 Å². The van der Waals surface area contributed by atoms with Crippen molar-refractivity contribution >= 4 is 17.7 Å². The largest absolute Gasteiger partial charge is 0.445 e. The van der Waals surface area contributed by atoms with Crippen LogP contribution in [0.3, 0.4) is 0 Å². The van der Waals surface area contributed by atoms with Gasteiger partial charge in [-0.25, -0.2) is 4.79 Å². The Kier molecular flexibility index (Phi) is 4.61. The molecular weight excluding hydrogens is 328 g/mol. The van der Waals surface area contributed by atoms with Crippen molar-refractivity contribution in [3.8, 4) is 0 Å². The molecule has 2 aliphatic heterocycles. The second kappa shape index (κ2) is 7.20. The Bertz CT molecular complexity index is 806. The Morgan fingerprint density at radius 1 is 1.00 bits per heavy atom. The van der Waals surface area contributed by atoms with Gasteiger partial charge >= 0.3 is 6.09 Å². The summed E-state index contributed by atoms with van der Waals surface area (Å²) in [5.74, 6) is 0.00381. The van der Waals surface area contributed by atoms with Gasteiger partial charge in [-0.15, -0.1) is 0 Å². The Morgan fingerprint density at radius 2 is 1.77 bits per heavy atom. The number of ether oxygens (including phenoxy) is 1. The summed E-state index contributed by atoms with van der Waals surface area (Å²) < 4.78 is 5.44. The lowest BCUT2D eigenvalue weighted by Crippen LogP contribution is -2.47. The predicted molar refractivity (Wildman–Crippen MR) is 98.9 cm³/mol. The number of para-hydroxylation sites is 1. The van der Waals surface area contributed by atoms with E-state index in [2.05, 4.69) is 6.07 Å². The van der Waals surface area contributed by atoms with Crippen LogP contribution in [0.25, 0.3) is 0 Å². The van der Waals surface area contributed by atoms with Gasteiger partial charge in [0.2, 0.25) is 5.91 Å². The summed E-state index contributed by atoms with van der Waals surface area (Å²) in [5, 5.41) is 0. The Balaban J connectivity index is 1.43. The second-order valence-corrected chi connectivity index (χ2v) is 6.76. The number of likely N-dealkylation sites (tertiary alicyclic amines) is 1. The molecule has 0 saturated carbocycles. The molecule has 5 heteroatoms. The molecule has 1 atom stereocenters. The molecule has 26 heavy (non-hydrogen) atoms. The number of amides is 2. The first kappa shape index (κ1) is 16.6. The highest BCUT2D eigenvalue weighted by molar-refractivity contribution is 6.00.